The van der Waals surface area contributed by atoms with Crippen LogP contribution in [0.2, 0.25) is 5.28 Å². The van der Waals surface area contributed by atoms with Gasteiger partial charge >= 0.3 is 0 Å². The van der Waals surface area contributed by atoms with Crippen molar-refractivity contribution in [3.8, 4) is 0 Å². The van der Waals surface area contributed by atoms with Gasteiger partial charge in [-0.3, -0.25) is 0 Å². The Hall–Kier alpha value is -1.14. The molecule has 0 saturated carbocycles. The maximum Gasteiger partial charge on any atom is 0.231 e. The summed E-state index contributed by atoms with van der Waals surface area (Å²) in [5.74, 6) is 0.891. The lowest BCUT2D eigenvalue weighted by Crippen LogP contribution is -2.23. The van der Waals surface area contributed by atoms with E-state index in [1.165, 1.54) is 0 Å². The van der Waals surface area contributed by atoms with Crippen LogP contribution in [-0.2, 0) is 0 Å². The molecule has 1 aromatic heterocycles. The minimum absolute atomic E-state index is 0.102. The van der Waals surface area contributed by atoms with Crippen LogP contribution in [0.3, 0.4) is 0 Å². The molecular weight excluding hydrogens is 218 g/mol. The minimum atomic E-state index is 0.102. The summed E-state index contributed by atoms with van der Waals surface area (Å²) >= 11 is 5.68. The van der Waals surface area contributed by atoms with Crippen LogP contribution >= 0.6 is 11.6 Å². The molecule has 1 aliphatic heterocycles. The molecule has 0 radical (unpaired) electrons. The maximum atomic E-state index is 9.01. The third-order valence-corrected chi connectivity index (χ3v) is 2.61. The molecule has 15 heavy (non-hydrogen) atoms. The quantitative estimate of drug-likeness (QED) is 0.738. The number of hydrogen-bond acceptors (Lipinski definition) is 6. The van der Waals surface area contributed by atoms with Crippen molar-refractivity contribution < 1.29 is 5.11 Å². The number of rotatable bonds is 2. The molecule has 0 aliphatic carbocycles. The van der Waals surface area contributed by atoms with Crippen LogP contribution < -0.4 is 10.6 Å². The second kappa shape index (κ2) is 4.16. The molecule has 2 rings (SSSR count). The predicted octanol–water partition coefficient (Wildman–Crippen LogP) is -0.0742. The molecular formula is C8H12ClN5O. The van der Waals surface area contributed by atoms with E-state index in [0.717, 1.165) is 19.5 Å². The number of nitrogens with zero attached hydrogens (tertiary/aromatic N) is 4. The summed E-state index contributed by atoms with van der Waals surface area (Å²) in [5.41, 5.74) is 5.47. The number of anilines is 2. The van der Waals surface area contributed by atoms with E-state index in [2.05, 4.69) is 15.0 Å². The van der Waals surface area contributed by atoms with E-state index >= 15 is 0 Å². The molecule has 1 saturated heterocycles. The molecule has 3 N–H and O–H groups in total. The Morgan fingerprint density at radius 3 is 2.87 bits per heavy atom. The van der Waals surface area contributed by atoms with Crippen LogP contribution in [0.25, 0.3) is 0 Å². The number of hydrogen-bond donors (Lipinski definition) is 2. The Morgan fingerprint density at radius 1 is 1.47 bits per heavy atom. The highest BCUT2D eigenvalue weighted by Crippen LogP contribution is 2.21. The Kier molecular flexibility index (Phi) is 2.88. The highest BCUT2D eigenvalue weighted by molar-refractivity contribution is 6.28. The molecule has 82 valence electrons. The van der Waals surface area contributed by atoms with Gasteiger partial charge in [-0.1, -0.05) is 0 Å². The number of aliphatic hydroxyl groups is 1. The van der Waals surface area contributed by atoms with Gasteiger partial charge in [0.15, 0.2) is 0 Å². The number of aromatic nitrogens is 3. The fourth-order valence-electron chi connectivity index (χ4n) is 1.66. The van der Waals surface area contributed by atoms with Crippen molar-refractivity contribution in [2.45, 2.75) is 6.42 Å². The van der Waals surface area contributed by atoms with Gasteiger partial charge in [-0.05, 0) is 18.0 Å². The lowest BCUT2D eigenvalue weighted by Gasteiger charge is -2.15. The zero-order valence-corrected chi connectivity index (χ0v) is 8.85. The van der Waals surface area contributed by atoms with E-state index in [-0.39, 0.29) is 23.8 Å². The summed E-state index contributed by atoms with van der Waals surface area (Å²) in [6, 6.07) is 0. The van der Waals surface area contributed by atoms with Gasteiger partial charge in [0.2, 0.25) is 17.2 Å². The highest BCUT2D eigenvalue weighted by atomic mass is 35.5. The monoisotopic (exact) mass is 229 g/mol. The largest absolute Gasteiger partial charge is 0.396 e. The first-order chi connectivity index (χ1) is 7.19. The van der Waals surface area contributed by atoms with E-state index < -0.39 is 0 Å². The number of halogens is 1. The smallest absolute Gasteiger partial charge is 0.231 e. The summed E-state index contributed by atoms with van der Waals surface area (Å²) in [5, 5.41) is 9.11. The van der Waals surface area contributed by atoms with E-state index in [0.29, 0.717) is 5.95 Å². The van der Waals surface area contributed by atoms with Crippen LogP contribution in [0, 0.1) is 5.92 Å². The third-order valence-electron chi connectivity index (χ3n) is 2.44. The second-order valence-corrected chi connectivity index (χ2v) is 3.88. The SMILES string of the molecule is Nc1nc(Cl)nc(N2CCC(CO)C2)n1. The molecule has 1 fully saturated rings. The molecule has 0 amide bonds. The van der Waals surface area contributed by atoms with Crippen molar-refractivity contribution in [1.82, 2.24) is 15.0 Å². The Morgan fingerprint density at radius 2 is 2.27 bits per heavy atom. The minimum Gasteiger partial charge on any atom is -0.396 e. The molecule has 0 bridgehead atoms. The summed E-state index contributed by atoms with van der Waals surface area (Å²) in [6.07, 6.45) is 0.930. The van der Waals surface area contributed by atoms with Gasteiger partial charge in [0.25, 0.3) is 0 Å². The molecule has 1 aliphatic rings. The summed E-state index contributed by atoms with van der Waals surface area (Å²) in [6.45, 7) is 1.73. The zero-order chi connectivity index (χ0) is 10.8. The molecule has 0 spiro atoms. The van der Waals surface area contributed by atoms with E-state index in [1.54, 1.807) is 0 Å². The van der Waals surface area contributed by atoms with Gasteiger partial charge in [-0.15, -0.1) is 0 Å². The number of nitrogen functional groups attached to an aromatic ring is 1. The third kappa shape index (κ3) is 2.27. The Balaban J connectivity index is 2.16. The zero-order valence-electron chi connectivity index (χ0n) is 8.10. The van der Waals surface area contributed by atoms with Crippen LogP contribution in [0.15, 0.2) is 0 Å². The maximum absolute atomic E-state index is 9.01. The van der Waals surface area contributed by atoms with E-state index in [9.17, 15) is 0 Å². The van der Waals surface area contributed by atoms with Gasteiger partial charge in [0.1, 0.15) is 0 Å². The van der Waals surface area contributed by atoms with Crippen LogP contribution in [0.5, 0.6) is 0 Å². The van der Waals surface area contributed by atoms with Gasteiger partial charge in [-0.25, -0.2) is 0 Å². The highest BCUT2D eigenvalue weighted by Gasteiger charge is 2.24. The first-order valence-corrected chi connectivity index (χ1v) is 5.09. The molecule has 1 unspecified atom stereocenters. The van der Waals surface area contributed by atoms with Gasteiger partial charge < -0.3 is 15.7 Å². The van der Waals surface area contributed by atoms with Crippen LogP contribution in [-0.4, -0.2) is 39.8 Å². The van der Waals surface area contributed by atoms with Crippen molar-refractivity contribution in [2.24, 2.45) is 5.92 Å². The average molecular weight is 230 g/mol. The Labute approximate surface area is 92.1 Å². The van der Waals surface area contributed by atoms with Crippen molar-refractivity contribution in [3.05, 3.63) is 5.28 Å². The standard InChI is InChI=1S/C8H12ClN5O/c9-6-11-7(10)13-8(12-6)14-2-1-5(3-14)4-15/h5,15H,1-4H2,(H2,10,11,12,13). The van der Waals surface area contributed by atoms with Gasteiger partial charge in [0, 0.05) is 25.6 Å². The van der Waals surface area contributed by atoms with Gasteiger partial charge in [-0.2, -0.15) is 15.0 Å². The first kappa shape index (κ1) is 10.4. The fourth-order valence-corrected chi connectivity index (χ4v) is 1.82. The van der Waals surface area contributed by atoms with E-state index in [1.807, 2.05) is 4.90 Å². The topological polar surface area (TPSA) is 88.2 Å². The molecule has 1 atom stereocenters. The van der Waals surface area contributed by atoms with Crippen LogP contribution in [0.1, 0.15) is 6.42 Å². The van der Waals surface area contributed by atoms with E-state index in [4.69, 9.17) is 22.4 Å². The summed E-state index contributed by atoms with van der Waals surface area (Å²) in [7, 11) is 0. The lowest BCUT2D eigenvalue weighted by molar-refractivity contribution is 0.238. The van der Waals surface area contributed by atoms with Gasteiger partial charge in [0.05, 0.1) is 0 Å². The lowest BCUT2D eigenvalue weighted by atomic mass is 10.1. The average Bonchev–Trinajstić information content (AvgIpc) is 2.64. The number of aliphatic hydroxyl groups excluding tert-OH is 1. The normalized spacial score (nSPS) is 20.9. The van der Waals surface area contributed by atoms with Crippen molar-refractivity contribution >= 4 is 23.5 Å². The summed E-state index contributed by atoms with van der Waals surface area (Å²) in [4.78, 5) is 13.6. The second-order valence-electron chi connectivity index (χ2n) is 3.55. The molecule has 7 heteroatoms. The molecule has 0 aromatic carbocycles. The van der Waals surface area contributed by atoms with Crippen LogP contribution in [0.4, 0.5) is 11.9 Å². The van der Waals surface area contributed by atoms with Crippen molar-refractivity contribution in [1.29, 1.82) is 0 Å². The van der Waals surface area contributed by atoms with Crippen molar-refractivity contribution in [3.63, 3.8) is 0 Å². The number of nitrogens with two attached hydrogens (primary N) is 1. The summed E-state index contributed by atoms with van der Waals surface area (Å²) < 4.78 is 0. The van der Waals surface area contributed by atoms with Crippen molar-refractivity contribution in [2.75, 3.05) is 30.3 Å². The molecule has 6 nitrogen and oxygen atoms in total. The fraction of sp³-hybridized carbons (Fsp3) is 0.625. The molecule has 2 heterocycles. The molecule has 1 aromatic rings. The Bertz CT molecular complexity index is 341. The predicted molar refractivity (Wildman–Crippen MR) is 56.7 cm³/mol. The first-order valence-electron chi connectivity index (χ1n) is 4.72.